The van der Waals surface area contributed by atoms with Gasteiger partial charge in [0.05, 0.1) is 13.7 Å². The van der Waals surface area contributed by atoms with Crippen molar-refractivity contribution in [3.63, 3.8) is 0 Å². The highest BCUT2D eigenvalue weighted by Crippen LogP contribution is 2.36. The van der Waals surface area contributed by atoms with Crippen molar-refractivity contribution in [1.82, 2.24) is 10.3 Å². The van der Waals surface area contributed by atoms with E-state index in [1.54, 1.807) is 7.11 Å². The molecule has 6 heteroatoms. The van der Waals surface area contributed by atoms with Gasteiger partial charge in [0.25, 0.3) is 5.91 Å². The average Bonchev–Trinajstić information content (AvgIpc) is 3.46. The number of hydrogen-bond acceptors (Lipinski definition) is 4. The molecule has 37 heavy (non-hydrogen) atoms. The van der Waals surface area contributed by atoms with E-state index >= 15 is 0 Å². The summed E-state index contributed by atoms with van der Waals surface area (Å²) in [4.78, 5) is 16.7. The lowest BCUT2D eigenvalue weighted by atomic mass is 9.90. The zero-order valence-corrected chi connectivity index (χ0v) is 21.9. The van der Waals surface area contributed by atoms with Crippen LogP contribution in [0.15, 0.2) is 65.2 Å². The van der Waals surface area contributed by atoms with E-state index in [0.717, 1.165) is 44.1 Å². The summed E-state index contributed by atoms with van der Waals surface area (Å²) >= 11 is 0. The minimum Gasteiger partial charge on any atom is -0.493 e. The Morgan fingerprint density at radius 1 is 1.00 bits per heavy atom. The van der Waals surface area contributed by atoms with Gasteiger partial charge in [-0.05, 0) is 80.3 Å². The molecule has 2 N–H and O–H groups in total. The molecule has 0 unspecified atom stereocenters. The number of H-pyrrole nitrogens is 1. The molecule has 190 valence electrons. The molecule has 0 saturated carbocycles. The van der Waals surface area contributed by atoms with Crippen LogP contribution in [0.1, 0.15) is 51.2 Å². The second-order valence-electron chi connectivity index (χ2n) is 9.38. The summed E-state index contributed by atoms with van der Waals surface area (Å²) in [5.41, 5.74) is 7.04. The highest BCUT2D eigenvalue weighted by Gasteiger charge is 2.23. The van der Waals surface area contributed by atoms with Crippen LogP contribution in [0, 0.1) is 20.8 Å². The molecule has 5 rings (SSSR count). The molecular weight excluding hydrogens is 464 g/mol. The summed E-state index contributed by atoms with van der Waals surface area (Å²) in [6, 6.07) is 18.2. The van der Waals surface area contributed by atoms with Gasteiger partial charge in [0.2, 0.25) is 0 Å². The third kappa shape index (κ3) is 4.55. The number of hydrogen-bond donors (Lipinski definition) is 2. The van der Waals surface area contributed by atoms with Crippen molar-refractivity contribution in [2.75, 3.05) is 20.3 Å². The molecular formula is C31H32N2O4. The summed E-state index contributed by atoms with van der Waals surface area (Å²) in [6.45, 7) is 8.92. The van der Waals surface area contributed by atoms with Gasteiger partial charge in [0.15, 0.2) is 17.3 Å². The normalized spacial score (nSPS) is 12.1. The summed E-state index contributed by atoms with van der Waals surface area (Å²) < 4.78 is 17.4. The Labute approximate surface area is 216 Å². The largest absolute Gasteiger partial charge is 0.493 e. The van der Waals surface area contributed by atoms with Crippen LogP contribution >= 0.6 is 0 Å². The molecule has 0 radical (unpaired) electrons. The van der Waals surface area contributed by atoms with E-state index in [1.807, 2.05) is 63.4 Å². The van der Waals surface area contributed by atoms with Gasteiger partial charge >= 0.3 is 0 Å². The Bertz CT molecular complexity index is 1590. The molecule has 0 fully saturated rings. The fourth-order valence-corrected chi connectivity index (χ4v) is 4.93. The molecule has 2 aromatic heterocycles. The second-order valence-corrected chi connectivity index (χ2v) is 9.38. The van der Waals surface area contributed by atoms with E-state index in [9.17, 15) is 4.79 Å². The lowest BCUT2D eigenvalue weighted by Gasteiger charge is -2.20. The number of aromatic nitrogens is 1. The summed E-state index contributed by atoms with van der Waals surface area (Å²) in [5.74, 6) is 1.35. The number of aromatic amines is 1. The van der Waals surface area contributed by atoms with Crippen LogP contribution in [0.2, 0.25) is 0 Å². The first-order valence-electron chi connectivity index (χ1n) is 12.6. The second kappa shape index (κ2) is 10.1. The number of furan rings is 1. The van der Waals surface area contributed by atoms with Gasteiger partial charge in [-0.2, -0.15) is 0 Å². The SMILES string of the molecule is CCOc1ccc([C@@H](CNC(=O)c2oc3cc(C)c(C)cc3c2C)c2c[nH]c3ccccc23)cc1OC. The monoisotopic (exact) mass is 496 g/mol. The van der Waals surface area contributed by atoms with Gasteiger partial charge in [0.1, 0.15) is 5.58 Å². The predicted molar refractivity (Wildman–Crippen MR) is 147 cm³/mol. The first kappa shape index (κ1) is 24.5. The molecule has 0 bridgehead atoms. The van der Waals surface area contributed by atoms with Crippen LogP contribution in [0.4, 0.5) is 0 Å². The number of aryl methyl sites for hydroxylation is 3. The van der Waals surface area contributed by atoms with E-state index in [0.29, 0.717) is 30.4 Å². The van der Waals surface area contributed by atoms with Gasteiger partial charge in [-0.3, -0.25) is 4.79 Å². The van der Waals surface area contributed by atoms with Gasteiger partial charge in [-0.25, -0.2) is 0 Å². The first-order valence-corrected chi connectivity index (χ1v) is 12.6. The maximum Gasteiger partial charge on any atom is 0.287 e. The number of nitrogens with one attached hydrogen (secondary N) is 2. The van der Waals surface area contributed by atoms with Crippen LogP contribution in [-0.2, 0) is 0 Å². The molecule has 1 atom stereocenters. The average molecular weight is 497 g/mol. The van der Waals surface area contributed by atoms with Crippen LogP contribution in [0.3, 0.4) is 0 Å². The number of ether oxygens (including phenoxy) is 2. The summed E-state index contributed by atoms with van der Waals surface area (Å²) in [6.07, 6.45) is 2.02. The van der Waals surface area contributed by atoms with Crippen LogP contribution in [0.25, 0.3) is 21.9 Å². The van der Waals surface area contributed by atoms with E-state index in [1.165, 1.54) is 5.56 Å². The highest BCUT2D eigenvalue weighted by molar-refractivity contribution is 5.99. The van der Waals surface area contributed by atoms with E-state index in [2.05, 4.69) is 35.4 Å². The number of amides is 1. The minimum atomic E-state index is -0.230. The molecule has 5 aromatic rings. The van der Waals surface area contributed by atoms with Crippen molar-refractivity contribution in [2.24, 2.45) is 0 Å². The van der Waals surface area contributed by atoms with E-state index in [4.69, 9.17) is 13.9 Å². The summed E-state index contributed by atoms with van der Waals surface area (Å²) in [7, 11) is 1.64. The minimum absolute atomic E-state index is 0.126. The van der Waals surface area contributed by atoms with Crippen LogP contribution < -0.4 is 14.8 Å². The molecule has 6 nitrogen and oxygen atoms in total. The van der Waals surface area contributed by atoms with E-state index in [-0.39, 0.29) is 11.8 Å². The standard InChI is InChI=1S/C31H32N2O4/c1-6-36-27-12-11-21(15-29(27)35-5)24(25-17-32-26-10-8-7-9-22(25)26)16-33-31(34)30-20(4)23-13-18(2)19(3)14-28(23)37-30/h7-15,17,24,32H,6,16H2,1-5H3,(H,33,34)/t24-/m1/s1. The van der Waals surface area contributed by atoms with Crippen molar-refractivity contribution in [3.8, 4) is 11.5 Å². The topological polar surface area (TPSA) is 76.5 Å². The highest BCUT2D eigenvalue weighted by atomic mass is 16.5. The molecule has 0 saturated heterocycles. The zero-order valence-electron chi connectivity index (χ0n) is 21.9. The van der Waals surface area contributed by atoms with Gasteiger partial charge in [-0.15, -0.1) is 0 Å². The zero-order chi connectivity index (χ0) is 26.1. The van der Waals surface area contributed by atoms with Gasteiger partial charge in [-0.1, -0.05) is 24.3 Å². The third-order valence-corrected chi connectivity index (χ3v) is 7.11. The van der Waals surface area contributed by atoms with Crippen molar-refractivity contribution in [1.29, 1.82) is 0 Å². The number of carbonyl (C=O) groups is 1. The van der Waals surface area contributed by atoms with Gasteiger partial charge < -0.3 is 24.2 Å². The third-order valence-electron chi connectivity index (χ3n) is 7.11. The molecule has 2 heterocycles. The smallest absolute Gasteiger partial charge is 0.287 e. The van der Waals surface area contributed by atoms with Crippen LogP contribution in [0.5, 0.6) is 11.5 Å². The molecule has 3 aromatic carbocycles. The van der Waals surface area contributed by atoms with Crippen molar-refractivity contribution >= 4 is 27.8 Å². The summed E-state index contributed by atoms with van der Waals surface area (Å²) in [5, 5.41) is 5.22. The van der Waals surface area contributed by atoms with Crippen molar-refractivity contribution in [2.45, 2.75) is 33.6 Å². The molecule has 1 amide bonds. The van der Waals surface area contributed by atoms with Gasteiger partial charge in [0, 0.05) is 40.5 Å². The number of carbonyl (C=O) groups excluding carboxylic acids is 1. The number of methoxy groups -OCH3 is 1. The fourth-order valence-electron chi connectivity index (χ4n) is 4.93. The quantitative estimate of drug-likeness (QED) is 0.247. The Morgan fingerprint density at radius 2 is 1.78 bits per heavy atom. The Morgan fingerprint density at radius 3 is 2.57 bits per heavy atom. The Kier molecular flexibility index (Phi) is 6.66. The van der Waals surface area contributed by atoms with Crippen molar-refractivity contribution < 1.29 is 18.7 Å². The number of fused-ring (bicyclic) bond motifs is 2. The fraction of sp³-hybridized carbons (Fsp3) is 0.258. The maximum atomic E-state index is 13.4. The lowest BCUT2D eigenvalue weighted by molar-refractivity contribution is 0.0926. The molecule has 0 aliphatic rings. The molecule has 0 aliphatic heterocycles. The number of benzene rings is 3. The maximum absolute atomic E-state index is 13.4. The molecule has 0 aliphatic carbocycles. The number of rotatable bonds is 8. The Balaban J connectivity index is 1.50. The number of para-hydroxylation sites is 1. The Hall–Kier alpha value is -4.19. The van der Waals surface area contributed by atoms with E-state index < -0.39 is 0 Å². The van der Waals surface area contributed by atoms with Crippen LogP contribution in [-0.4, -0.2) is 31.2 Å². The molecule has 0 spiro atoms. The van der Waals surface area contributed by atoms with Crippen molar-refractivity contribution in [3.05, 3.63) is 94.4 Å². The first-order chi connectivity index (χ1) is 17.9. The lowest BCUT2D eigenvalue weighted by Crippen LogP contribution is -2.29. The predicted octanol–water partition coefficient (Wildman–Crippen LogP) is 6.81.